The van der Waals surface area contributed by atoms with Gasteiger partial charge in [0, 0.05) is 12.1 Å². The summed E-state index contributed by atoms with van der Waals surface area (Å²) >= 11 is 0. The summed E-state index contributed by atoms with van der Waals surface area (Å²) in [4.78, 5) is 4.00. The molecular weight excluding hydrogens is 238 g/mol. The lowest BCUT2D eigenvalue weighted by Crippen LogP contribution is -2.13. The number of phenolic OH excluding ortho intramolecular Hbond substituents is 3. The smallest absolute Gasteiger partial charge is 0.240 e. The molecular formula is C11H13N3O4. The van der Waals surface area contributed by atoms with E-state index in [1.165, 1.54) is 12.1 Å². The number of hydrogen-bond acceptors (Lipinski definition) is 7. The highest BCUT2D eigenvalue weighted by atomic mass is 16.5. The lowest BCUT2D eigenvalue weighted by Gasteiger charge is -2.07. The van der Waals surface area contributed by atoms with E-state index in [9.17, 15) is 10.2 Å². The number of phenols is 3. The van der Waals surface area contributed by atoms with Gasteiger partial charge in [0.05, 0.1) is 6.54 Å². The molecule has 0 amide bonds. The van der Waals surface area contributed by atoms with Crippen molar-refractivity contribution in [2.75, 3.05) is 0 Å². The maximum atomic E-state index is 9.58. The molecule has 96 valence electrons. The highest BCUT2D eigenvalue weighted by molar-refractivity contribution is 5.52. The van der Waals surface area contributed by atoms with Crippen molar-refractivity contribution in [3.8, 4) is 17.2 Å². The third kappa shape index (κ3) is 2.51. The van der Waals surface area contributed by atoms with Gasteiger partial charge >= 0.3 is 0 Å². The molecule has 0 aliphatic heterocycles. The summed E-state index contributed by atoms with van der Waals surface area (Å²) in [5, 5.41) is 34.7. The highest BCUT2D eigenvalue weighted by Gasteiger charge is 2.11. The zero-order chi connectivity index (χ0) is 13.1. The predicted octanol–water partition coefficient (Wildman–Crippen LogP) is 0.785. The molecule has 4 N–H and O–H groups in total. The molecule has 0 aliphatic carbocycles. The first-order valence-electron chi connectivity index (χ1n) is 5.30. The topological polar surface area (TPSA) is 112 Å². The summed E-state index contributed by atoms with van der Waals surface area (Å²) in [5.74, 6) is -0.233. The third-order valence-electron chi connectivity index (χ3n) is 2.37. The molecule has 18 heavy (non-hydrogen) atoms. The van der Waals surface area contributed by atoms with E-state index in [2.05, 4.69) is 15.5 Å². The van der Waals surface area contributed by atoms with Crippen LogP contribution in [0.1, 0.15) is 17.3 Å². The van der Waals surface area contributed by atoms with Crippen LogP contribution in [0.3, 0.4) is 0 Å². The summed E-state index contributed by atoms with van der Waals surface area (Å²) < 4.78 is 4.90. The largest absolute Gasteiger partial charge is 0.504 e. The van der Waals surface area contributed by atoms with E-state index >= 15 is 0 Å². The van der Waals surface area contributed by atoms with Crippen LogP contribution in [0.4, 0.5) is 0 Å². The molecule has 0 bridgehead atoms. The molecule has 2 rings (SSSR count). The van der Waals surface area contributed by atoms with Crippen molar-refractivity contribution < 1.29 is 19.8 Å². The molecule has 0 fully saturated rings. The monoisotopic (exact) mass is 251 g/mol. The quantitative estimate of drug-likeness (QED) is 0.594. The van der Waals surface area contributed by atoms with E-state index < -0.39 is 5.75 Å². The van der Waals surface area contributed by atoms with Gasteiger partial charge in [-0.25, -0.2) is 0 Å². The van der Waals surface area contributed by atoms with Crippen LogP contribution in [0.5, 0.6) is 17.2 Å². The fraction of sp³-hybridized carbons (Fsp3) is 0.273. The van der Waals surface area contributed by atoms with Crippen molar-refractivity contribution in [1.82, 2.24) is 15.5 Å². The van der Waals surface area contributed by atoms with E-state index in [0.29, 0.717) is 30.4 Å². The Hall–Kier alpha value is -2.28. The minimum absolute atomic E-state index is 0.293. The zero-order valence-electron chi connectivity index (χ0n) is 9.71. The number of nitrogens with one attached hydrogen (secondary N) is 1. The average Bonchev–Trinajstić information content (AvgIpc) is 2.75. The molecule has 0 atom stereocenters. The Morgan fingerprint density at radius 1 is 1.17 bits per heavy atom. The van der Waals surface area contributed by atoms with Gasteiger partial charge in [0.1, 0.15) is 0 Å². The van der Waals surface area contributed by atoms with E-state index in [-0.39, 0.29) is 11.5 Å². The third-order valence-corrected chi connectivity index (χ3v) is 2.37. The van der Waals surface area contributed by atoms with E-state index in [4.69, 9.17) is 9.63 Å². The number of hydrogen-bond donors (Lipinski definition) is 4. The van der Waals surface area contributed by atoms with Crippen molar-refractivity contribution in [2.24, 2.45) is 0 Å². The highest BCUT2D eigenvalue weighted by Crippen LogP contribution is 2.36. The normalized spacial score (nSPS) is 10.7. The number of aryl methyl sites for hydroxylation is 1. The van der Waals surface area contributed by atoms with Gasteiger partial charge in [0.25, 0.3) is 0 Å². The standard InChI is InChI=1S/C11H13N3O4/c1-6-13-9(18-14-6)5-12-4-7-2-3-8(15)11(17)10(7)16/h2-3,12,15-17H,4-5H2,1H3. The second-order valence-electron chi connectivity index (χ2n) is 3.78. The van der Waals surface area contributed by atoms with Crippen molar-refractivity contribution in [1.29, 1.82) is 0 Å². The Bertz CT molecular complexity index is 553. The van der Waals surface area contributed by atoms with Crippen LogP contribution in [-0.2, 0) is 13.1 Å². The second kappa shape index (κ2) is 4.92. The summed E-state index contributed by atoms with van der Waals surface area (Å²) in [7, 11) is 0. The van der Waals surface area contributed by atoms with Crippen LogP contribution < -0.4 is 5.32 Å². The lowest BCUT2D eigenvalue weighted by atomic mass is 10.1. The molecule has 2 aromatic rings. The fourth-order valence-corrected chi connectivity index (χ4v) is 1.47. The van der Waals surface area contributed by atoms with Gasteiger partial charge in [0.15, 0.2) is 17.3 Å². The Morgan fingerprint density at radius 2 is 1.94 bits per heavy atom. The summed E-state index contributed by atoms with van der Waals surface area (Å²) in [5.41, 5.74) is 0.460. The summed E-state index contributed by atoms with van der Waals surface area (Å²) in [6.07, 6.45) is 0. The second-order valence-corrected chi connectivity index (χ2v) is 3.78. The number of rotatable bonds is 4. The van der Waals surface area contributed by atoms with Gasteiger partial charge in [-0.05, 0) is 13.0 Å². The Morgan fingerprint density at radius 3 is 2.61 bits per heavy atom. The van der Waals surface area contributed by atoms with Gasteiger partial charge in [0.2, 0.25) is 11.6 Å². The molecule has 0 saturated carbocycles. The van der Waals surface area contributed by atoms with Crippen LogP contribution in [0.15, 0.2) is 16.7 Å². The van der Waals surface area contributed by atoms with Gasteiger partial charge in [-0.15, -0.1) is 0 Å². The van der Waals surface area contributed by atoms with Crippen LogP contribution in [-0.4, -0.2) is 25.5 Å². The van der Waals surface area contributed by atoms with Crippen LogP contribution in [0, 0.1) is 6.92 Å². The summed E-state index contributed by atoms with van der Waals surface area (Å²) in [6.45, 7) is 2.36. The van der Waals surface area contributed by atoms with Gasteiger partial charge in [-0.2, -0.15) is 4.98 Å². The van der Waals surface area contributed by atoms with Crippen molar-refractivity contribution in [2.45, 2.75) is 20.0 Å². The molecule has 0 radical (unpaired) electrons. The number of nitrogens with zero attached hydrogens (tertiary/aromatic N) is 2. The molecule has 7 nitrogen and oxygen atoms in total. The average molecular weight is 251 g/mol. The molecule has 0 aliphatic rings. The molecule has 1 aromatic carbocycles. The summed E-state index contributed by atoms with van der Waals surface area (Å²) in [6, 6.07) is 2.82. The number of aromatic hydroxyl groups is 3. The molecule has 7 heteroatoms. The Balaban J connectivity index is 1.96. The maximum absolute atomic E-state index is 9.58. The van der Waals surface area contributed by atoms with Crippen LogP contribution in [0.25, 0.3) is 0 Å². The molecule has 0 spiro atoms. The maximum Gasteiger partial charge on any atom is 0.240 e. The molecule has 0 saturated heterocycles. The lowest BCUT2D eigenvalue weighted by molar-refractivity contribution is 0.357. The van der Waals surface area contributed by atoms with Gasteiger partial charge < -0.3 is 25.2 Å². The van der Waals surface area contributed by atoms with E-state index in [0.717, 1.165) is 0 Å². The minimum Gasteiger partial charge on any atom is -0.504 e. The number of aromatic nitrogens is 2. The van der Waals surface area contributed by atoms with E-state index in [1.54, 1.807) is 6.92 Å². The molecule has 0 unspecified atom stereocenters. The van der Waals surface area contributed by atoms with Gasteiger partial charge in [-0.3, -0.25) is 0 Å². The Labute approximate surface area is 103 Å². The fourth-order valence-electron chi connectivity index (χ4n) is 1.47. The SMILES string of the molecule is Cc1noc(CNCc2ccc(O)c(O)c2O)n1. The zero-order valence-corrected chi connectivity index (χ0v) is 9.71. The first kappa shape index (κ1) is 12.2. The van der Waals surface area contributed by atoms with Crippen LogP contribution in [0.2, 0.25) is 0 Å². The minimum atomic E-state index is -0.525. The van der Waals surface area contributed by atoms with Crippen molar-refractivity contribution in [3.05, 3.63) is 29.4 Å². The van der Waals surface area contributed by atoms with Crippen molar-refractivity contribution in [3.63, 3.8) is 0 Å². The van der Waals surface area contributed by atoms with Gasteiger partial charge in [-0.1, -0.05) is 11.2 Å². The Kier molecular flexibility index (Phi) is 3.33. The van der Waals surface area contributed by atoms with Crippen molar-refractivity contribution >= 4 is 0 Å². The first-order valence-corrected chi connectivity index (χ1v) is 5.30. The predicted molar refractivity (Wildman–Crippen MR) is 61.0 cm³/mol. The first-order chi connectivity index (χ1) is 8.58. The van der Waals surface area contributed by atoms with E-state index in [1.807, 2.05) is 0 Å². The van der Waals surface area contributed by atoms with Crippen LogP contribution >= 0.6 is 0 Å². The molecule has 1 heterocycles. The molecule has 1 aromatic heterocycles. The number of benzene rings is 1.